The summed E-state index contributed by atoms with van der Waals surface area (Å²) in [6, 6.07) is 4.50. The van der Waals surface area contributed by atoms with E-state index in [4.69, 9.17) is 19.3 Å². The molecule has 0 aromatic heterocycles. The van der Waals surface area contributed by atoms with Crippen molar-refractivity contribution < 1.29 is 28.9 Å². The molecule has 0 bridgehead atoms. The molecule has 0 spiro atoms. The molecule has 1 saturated heterocycles. The number of amides is 1. The second-order valence-corrected chi connectivity index (χ2v) is 5.77. The second-order valence-electron chi connectivity index (χ2n) is 5.77. The molecular weight excluding hydrogens is 326 g/mol. The number of hydrogen-bond acceptors (Lipinski definition) is 5. The minimum Gasteiger partial charge on any atom is -0.493 e. The molecule has 0 aliphatic carbocycles. The summed E-state index contributed by atoms with van der Waals surface area (Å²) < 4.78 is 16.1. The van der Waals surface area contributed by atoms with Crippen LogP contribution in [0.15, 0.2) is 30.9 Å². The molecule has 1 aliphatic heterocycles. The van der Waals surface area contributed by atoms with Crippen LogP contribution in [-0.4, -0.2) is 61.4 Å². The van der Waals surface area contributed by atoms with E-state index in [-0.39, 0.29) is 18.4 Å². The van der Waals surface area contributed by atoms with Gasteiger partial charge in [0.1, 0.15) is 6.61 Å². The highest BCUT2D eigenvalue weighted by atomic mass is 16.5. The van der Waals surface area contributed by atoms with E-state index in [2.05, 4.69) is 6.58 Å². The maximum absolute atomic E-state index is 12.9. The number of nitrogens with zero attached hydrogens (tertiary/aromatic N) is 1. The van der Waals surface area contributed by atoms with Crippen LogP contribution < -0.4 is 9.47 Å². The van der Waals surface area contributed by atoms with Crippen molar-refractivity contribution in [1.82, 2.24) is 4.90 Å². The minimum absolute atomic E-state index is 0.108. The van der Waals surface area contributed by atoms with E-state index in [1.165, 1.54) is 7.11 Å². The Balaban J connectivity index is 2.22. The Hall–Kier alpha value is -2.54. The number of carbonyl (C=O) groups is 2. The third-order valence-electron chi connectivity index (χ3n) is 4.15. The fraction of sp³-hybridized carbons (Fsp3) is 0.444. The molecule has 136 valence electrons. The summed E-state index contributed by atoms with van der Waals surface area (Å²) in [5, 5.41) is 9.08. The van der Waals surface area contributed by atoms with E-state index in [0.717, 1.165) is 0 Å². The molecule has 1 aromatic rings. The fourth-order valence-corrected chi connectivity index (χ4v) is 2.92. The van der Waals surface area contributed by atoms with E-state index in [0.29, 0.717) is 36.6 Å². The Morgan fingerprint density at radius 1 is 1.36 bits per heavy atom. The molecular formula is C18H23NO6. The van der Waals surface area contributed by atoms with Crippen LogP contribution in [0.1, 0.15) is 23.2 Å². The van der Waals surface area contributed by atoms with Crippen molar-refractivity contribution in [2.45, 2.75) is 25.0 Å². The third kappa shape index (κ3) is 4.51. The van der Waals surface area contributed by atoms with Gasteiger partial charge < -0.3 is 24.2 Å². The lowest BCUT2D eigenvalue weighted by Crippen LogP contribution is -2.37. The van der Waals surface area contributed by atoms with Crippen LogP contribution in [0.5, 0.6) is 11.5 Å². The summed E-state index contributed by atoms with van der Waals surface area (Å²) in [7, 11) is 3.06. The lowest BCUT2D eigenvalue weighted by molar-refractivity contribution is -0.137. The molecule has 0 radical (unpaired) electrons. The van der Waals surface area contributed by atoms with E-state index in [1.807, 2.05) is 0 Å². The second kappa shape index (κ2) is 8.53. The van der Waals surface area contributed by atoms with Crippen LogP contribution in [0, 0.1) is 0 Å². The molecule has 25 heavy (non-hydrogen) atoms. The van der Waals surface area contributed by atoms with Crippen molar-refractivity contribution in [3.63, 3.8) is 0 Å². The van der Waals surface area contributed by atoms with Gasteiger partial charge in [0.15, 0.2) is 11.5 Å². The van der Waals surface area contributed by atoms with Gasteiger partial charge in [-0.15, -0.1) is 0 Å². The first kappa shape index (κ1) is 18.8. The van der Waals surface area contributed by atoms with Crippen molar-refractivity contribution in [1.29, 1.82) is 0 Å². The quantitative estimate of drug-likeness (QED) is 0.722. The number of carbonyl (C=O) groups excluding carboxylic acids is 1. The number of aliphatic carboxylic acids is 1. The predicted octanol–water partition coefficient (Wildman–Crippen LogP) is 1.96. The Bertz CT molecular complexity index is 644. The van der Waals surface area contributed by atoms with Crippen LogP contribution in [0.3, 0.4) is 0 Å². The van der Waals surface area contributed by atoms with Crippen molar-refractivity contribution in [2.24, 2.45) is 0 Å². The third-order valence-corrected chi connectivity index (χ3v) is 4.15. The molecule has 7 nitrogen and oxygen atoms in total. The van der Waals surface area contributed by atoms with Crippen LogP contribution in [0.4, 0.5) is 0 Å². The number of carboxylic acid groups (broad SMARTS) is 1. The van der Waals surface area contributed by atoms with Gasteiger partial charge in [-0.25, -0.2) is 0 Å². The molecule has 7 heteroatoms. The number of ether oxygens (including phenoxy) is 3. The maximum Gasteiger partial charge on any atom is 0.305 e. The summed E-state index contributed by atoms with van der Waals surface area (Å²) in [5.41, 5.74) is 0.412. The molecule has 1 N–H and O–H groups in total. The lowest BCUT2D eigenvalue weighted by Gasteiger charge is -2.23. The van der Waals surface area contributed by atoms with Crippen LogP contribution in [0.25, 0.3) is 0 Å². The number of rotatable bonds is 8. The Morgan fingerprint density at radius 2 is 2.12 bits per heavy atom. The van der Waals surface area contributed by atoms with Crippen LogP contribution in [0.2, 0.25) is 0 Å². The number of benzene rings is 1. The minimum atomic E-state index is -0.940. The van der Waals surface area contributed by atoms with E-state index >= 15 is 0 Å². The predicted molar refractivity (Wildman–Crippen MR) is 91.2 cm³/mol. The highest BCUT2D eigenvalue weighted by Gasteiger charge is 2.37. The zero-order chi connectivity index (χ0) is 18.4. The molecule has 2 rings (SSSR count). The SMILES string of the molecule is C=CCOc1ccc(C(=O)N2CC(OC)CC2CC(=O)O)cc1OC. The van der Waals surface area contributed by atoms with Crippen molar-refractivity contribution in [2.75, 3.05) is 27.4 Å². The van der Waals surface area contributed by atoms with Gasteiger partial charge >= 0.3 is 5.97 Å². The summed E-state index contributed by atoms with van der Waals surface area (Å²) in [4.78, 5) is 25.5. The van der Waals surface area contributed by atoms with Gasteiger partial charge in [0.2, 0.25) is 0 Å². The first-order valence-corrected chi connectivity index (χ1v) is 7.97. The van der Waals surface area contributed by atoms with Gasteiger partial charge in [-0.05, 0) is 24.6 Å². The van der Waals surface area contributed by atoms with Crippen LogP contribution >= 0.6 is 0 Å². The molecule has 1 amide bonds. The Kier molecular flexibility index (Phi) is 6.41. The van der Waals surface area contributed by atoms with Gasteiger partial charge in [-0.1, -0.05) is 12.7 Å². The van der Waals surface area contributed by atoms with E-state index in [9.17, 15) is 9.59 Å². The van der Waals surface area contributed by atoms with Gasteiger partial charge in [0.25, 0.3) is 5.91 Å². The first-order valence-electron chi connectivity index (χ1n) is 7.97. The lowest BCUT2D eigenvalue weighted by atomic mass is 10.1. The summed E-state index contributed by atoms with van der Waals surface area (Å²) in [5.74, 6) is -0.244. The Labute approximate surface area is 146 Å². The smallest absolute Gasteiger partial charge is 0.305 e. The Morgan fingerprint density at radius 3 is 2.72 bits per heavy atom. The van der Waals surface area contributed by atoms with Crippen molar-refractivity contribution >= 4 is 11.9 Å². The molecule has 0 saturated carbocycles. The molecule has 1 aliphatic rings. The normalized spacial score (nSPS) is 19.5. The zero-order valence-electron chi connectivity index (χ0n) is 14.4. The standard InChI is InChI=1S/C18H23NO6/c1-4-7-25-15-6-5-12(8-16(15)24-3)18(22)19-11-14(23-2)9-13(19)10-17(20)21/h4-6,8,13-14H,1,7,9-11H2,2-3H3,(H,20,21). The summed E-state index contributed by atoms with van der Waals surface area (Å²) in [6.07, 6.45) is 1.85. The maximum atomic E-state index is 12.9. The number of methoxy groups -OCH3 is 2. The highest BCUT2D eigenvalue weighted by molar-refractivity contribution is 5.95. The van der Waals surface area contributed by atoms with Gasteiger partial charge in [0, 0.05) is 25.3 Å². The summed E-state index contributed by atoms with van der Waals surface area (Å²) in [6.45, 7) is 4.28. The molecule has 2 atom stereocenters. The molecule has 2 unspecified atom stereocenters. The number of hydrogen-bond donors (Lipinski definition) is 1. The average Bonchev–Trinajstić information content (AvgIpc) is 3.01. The fourth-order valence-electron chi connectivity index (χ4n) is 2.92. The topological polar surface area (TPSA) is 85.3 Å². The molecule has 1 aromatic carbocycles. The van der Waals surface area contributed by atoms with Crippen molar-refractivity contribution in [3.05, 3.63) is 36.4 Å². The number of likely N-dealkylation sites (tertiary alicyclic amines) is 1. The zero-order valence-corrected chi connectivity index (χ0v) is 14.4. The average molecular weight is 349 g/mol. The monoisotopic (exact) mass is 349 g/mol. The van der Waals surface area contributed by atoms with Gasteiger partial charge in [0.05, 0.1) is 19.6 Å². The first-order chi connectivity index (χ1) is 12.0. The largest absolute Gasteiger partial charge is 0.493 e. The highest BCUT2D eigenvalue weighted by Crippen LogP contribution is 2.30. The van der Waals surface area contributed by atoms with Crippen LogP contribution in [-0.2, 0) is 9.53 Å². The molecule has 1 fully saturated rings. The van der Waals surface area contributed by atoms with Gasteiger partial charge in [-0.3, -0.25) is 9.59 Å². The number of carboxylic acids is 1. The van der Waals surface area contributed by atoms with E-state index < -0.39 is 12.0 Å². The summed E-state index contributed by atoms with van der Waals surface area (Å²) >= 11 is 0. The molecule has 1 heterocycles. The van der Waals surface area contributed by atoms with Crippen molar-refractivity contribution in [3.8, 4) is 11.5 Å². The van der Waals surface area contributed by atoms with Gasteiger partial charge in [-0.2, -0.15) is 0 Å². The van der Waals surface area contributed by atoms with E-state index in [1.54, 1.807) is 36.3 Å².